The van der Waals surface area contributed by atoms with Crippen molar-refractivity contribution in [1.82, 2.24) is 20.1 Å². The molecule has 1 atom stereocenters. The number of halogens is 1. The number of nitrogens with one attached hydrogen (secondary N) is 1. The average Bonchev–Trinajstić information content (AvgIpc) is 3.34. The van der Waals surface area contributed by atoms with Gasteiger partial charge < -0.3 is 5.32 Å². The van der Waals surface area contributed by atoms with Gasteiger partial charge in [-0.25, -0.2) is 0 Å². The quantitative estimate of drug-likeness (QED) is 0.153. The van der Waals surface area contributed by atoms with Gasteiger partial charge in [-0.15, -0.1) is 10.2 Å². The first-order valence-corrected chi connectivity index (χ1v) is 14.5. The fraction of sp³-hybridized carbons (Fsp3) is 0.323. The first-order valence-electron chi connectivity index (χ1n) is 13.2. The van der Waals surface area contributed by atoms with Gasteiger partial charge in [0.15, 0.2) is 11.0 Å². The van der Waals surface area contributed by atoms with Crippen molar-refractivity contribution < 1.29 is 4.79 Å². The molecule has 0 saturated carbocycles. The summed E-state index contributed by atoms with van der Waals surface area (Å²) in [5.74, 6) is 1.28. The topological polar surface area (TPSA) is 59.8 Å². The number of amides is 1. The lowest BCUT2D eigenvalue weighted by atomic mass is 10.0. The number of aryl methyl sites for hydroxylation is 3. The van der Waals surface area contributed by atoms with E-state index in [9.17, 15) is 4.79 Å². The van der Waals surface area contributed by atoms with E-state index in [2.05, 4.69) is 47.6 Å². The van der Waals surface area contributed by atoms with Crippen molar-refractivity contribution in [2.45, 2.75) is 70.3 Å². The van der Waals surface area contributed by atoms with Gasteiger partial charge in [0, 0.05) is 16.3 Å². The largest absolute Gasteiger partial charge is 0.342 e. The molecule has 0 radical (unpaired) electrons. The molecule has 1 heterocycles. The van der Waals surface area contributed by atoms with Crippen LogP contribution in [0.1, 0.15) is 77.6 Å². The summed E-state index contributed by atoms with van der Waals surface area (Å²) in [4.78, 5) is 13.1. The third-order valence-corrected chi connectivity index (χ3v) is 7.92. The molecule has 4 rings (SSSR count). The molecular weight excluding hydrogens is 512 g/mol. The number of hydrogen-bond donors (Lipinski definition) is 1. The highest BCUT2D eigenvalue weighted by molar-refractivity contribution is 7.98. The second-order valence-electron chi connectivity index (χ2n) is 9.67. The van der Waals surface area contributed by atoms with Crippen LogP contribution in [0.4, 0.5) is 0 Å². The molecule has 0 saturated heterocycles. The predicted octanol–water partition coefficient (Wildman–Crippen LogP) is 8.05. The lowest BCUT2D eigenvalue weighted by Gasteiger charge is -2.18. The number of aromatic nitrogens is 3. The smallest absolute Gasteiger partial charge is 0.251 e. The molecule has 7 heteroatoms. The van der Waals surface area contributed by atoms with Crippen molar-refractivity contribution in [3.63, 3.8) is 0 Å². The molecule has 4 aromatic rings. The Morgan fingerprint density at radius 3 is 2.50 bits per heavy atom. The maximum Gasteiger partial charge on any atom is 0.251 e. The van der Waals surface area contributed by atoms with Gasteiger partial charge in [-0.1, -0.05) is 85.6 Å². The normalized spacial score (nSPS) is 11.9. The second-order valence-corrected chi connectivity index (χ2v) is 11.1. The van der Waals surface area contributed by atoms with E-state index in [1.165, 1.54) is 36.0 Å². The Labute approximate surface area is 235 Å². The fourth-order valence-corrected chi connectivity index (χ4v) is 5.56. The highest BCUT2D eigenvalue weighted by atomic mass is 35.5. The number of hydrogen-bond acceptors (Lipinski definition) is 4. The Morgan fingerprint density at radius 1 is 1.00 bits per heavy atom. The Kier molecular flexibility index (Phi) is 9.64. The van der Waals surface area contributed by atoms with Crippen molar-refractivity contribution in [1.29, 1.82) is 0 Å². The third-order valence-electron chi connectivity index (χ3n) is 6.71. The van der Waals surface area contributed by atoms with Crippen LogP contribution in [0.3, 0.4) is 0 Å². The molecule has 0 aliphatic carbocycles. The monoisotopic (exact) mass is 546 g/mol. The van der Waals surface area contributed by atoms with Gasteiger partial charge in [-0.3, -0.25) is 9.36 Å². The van der Waals surface area contributed by atoms with Crippen LogP contribution in [0.5, 0.6) is 0 Å². The number of nitrogens with zero attached hydrogens (tertiary/aromatic N) is 3. The standard InChI is InChI=1S/C31H35ClN4OS/c1-5-6-7-11-24-14-16-25(17-15-24)30(37)33-23(4)29-34-35-31(38-20-26-12-9-8-10-21(26)2)36(29)28-19-27(32)18-13-22(28)3/h8-10,12-19,23H,5-7,11,20H2,1-4H3,(H,33,37). The Balaban J connectivity index is 1.57. The average molecular weight is 547 g/mol. The second kappa shape index (κ2) is 13.1. The van der Waals surface area contributed by atoms with Gasteiger partial charge in [0.2, 0.25) is 0 Å². The first-order chi connectivity index (χ1) is 18.4. The summed E-state index contributed by atoms with van der Waals surface area (Å²) in [5.41, 5.74) is 6.33. The predicted molar refractivity (Wildman–Crippen MR) is 157 cm³/mol. The van der Waals surface area contributed by atoms with E-state index in [0.29, 0.717) is 16.4 Å². The van der Waals surface area contributed by atoms with Crippen molar-refractivity contribution in [3.8, 4) is 5.69 Å². The van der Waals surface area contributed by atoms with E-state index in [4.69, 9.17) is 11.6 Å². The highest BCUT2D eigenvalue weighted by Crippen LogP contribution is 2.31. The zero-order chi connectivity index (χ0) is 27.1. The number of rotatable bonds is 11. The maximum atomic E-state index is 13.1. The summed E-state index contributed by atoms with van der Waals surface area (Å²) in [6.07, 6.45) is 4.63. The van der Waals surface area contributed by atoms with Gasteiger partial charge in [-0.05, 0) is 80.1 Å². The molecule has 1 amide bonds. The van der Waals surface area contributed by atoms with Crippen LogP contribution in [-0.2, 0) is 12.2 Å². The summed E-state index contributed by atoms with van der Waals surface area (Å²) in [7, 11) is 0. The van der Waals surface area contributed by atoms with Gasteiger partial charge in [-0.2, -0.15) is 0 Å². The molecule has 1 unspecified atom stereocenters. The van der Waals surface area contributed by atoms with Crippen molar-refractivity contribution in [2.75, 3.05) is 0 Å². The van der Waals surface area contributed by atoms with Crippen LogP contribution in [0.2, 0.25) is 5.02 Å². The molecule has 5 nitrogen and oxygen atoms in total. The van der Waals surface area contributed by atoms with Crippen molar-refractivity contribution in [3.05, 3.63) is 105 Å². The zero-order valence-electron chi connectivity index (χ0n) is 22.5. The van der Waals surface area contributed by atoms with E-state index in [1.54, 1.807) is 11.8 Å². The Bertz CT molecular complexity index is 1380. The molecule has 0 spiro atoms. The highest BCUT2D eigenvalue weighted by Gasteiger charge is 2.23. The minimum atomic E-state index is -0.370. The summed E-state index contributed by atoms with van der Waals surface area (Å²) < 4.78 is 2.02. The zero-order valence-corrected chi connectivity index (χ0v) is 24.1. The van der Waals surface area contributed by atoms with Crippen LogP contribution in [0, 0.1) is 13.8 Å². The SMILES string of the molecule is CCCCCc1ccc(C(=O)NC(C)c2nnc(SCc3ccccc3C)n2-c2cc(Cl)ccc2C)cc1. The molecule has 198 valence electrons. The van der Waals surface area contributed by atoms with E-state index in [1.807, 2.05) is 66.9 Å². The van der Waals surface area contributed by atoms with E-state index >= 15 is 0 Å². The van der Waals surface area contributed by atoms with E-state index in [-0.39, 0.29) is 11.9 Å². The number of carbonyl (C=O) groups excluding carboxylic acids is 1. The van der Waals surface area contributed by atoms with E-state index in [0.717, 1.165) is 28.6 Å². The Hall–Kier alpha value is -3.09. The lowest BCUT2D eigenvalue weighted by molar-refractivity contribution is 0.0938. The van der Waals surface area contributed by atoms with Crippen molar-refractivity contribution >= 4 is 29.3 Å². The molecule has 0 aliphatic rings. The third kappa shape index (κ3) is 6.86. The Morgan fingerprint density at radius 2 is 1.76 bits per heavy atom. The molecule has 1 aromatic heterocycles. The number of benzene rings is 3. The summed E-state index contributed by atoms with van der Waals surface area (Å²) in [5, 5.41) is 13.6. The molecule has 38 heavy (non-hydrogen) atoms. The fourth-order valence-electron chi connectivity index (χ4n) is 4.37. The van der Waals surface area contributed by atoms with Gasteiger partial charge in [0.05, 0.1) is 11.7 Å². The summed E-state index contributed by atoms with van der Waals surface area (Å²) in [6.45, 7) is 8.29. The molecule has 1 N–H and O–H groups in total. The maximum absolute atomic E-state index is 13.1. The molecule has 3 aromatic carbocycles. The molecule has 0 fully saturated rings. The number of thioether (sulfide) groups is 1. The van der Waals surface area contributed by atoms with Crippen LogP contribution in [0.15, 0.2) is 71.9 Å². The first kappa shape index (κ1) is 27.9. The molecule has 0 aliphatic heterocycles. The minimum Gasteiger partial charge on any atom is -0.342 e. The summed E-state index contributed by atoms with van der Waals surface area (Å²) >= 11 is 8.02. The van der Waals surface area contributed by atoms with Crippen LogP contribution >= 0.6 is 23.4 Å². The minimum absolute atomic E-state index is 0.135. The van der Waals surface area contributed by atoms with Crippen LogP contribution in [-0.4, -0.2) is 20.7 Å². The summed E-state index contributed by atoms with van der Waals surface area (Å²) in [6, 6.07) is 21.7. The van der Waals surface area contributed by atoms with Gasteiger partial charge >= 0.3 is 0 Å². The lowest BCUT2D eigenvalue weighted by Crippen LogP contribution is -2.28. The number of carbonyl (C=O) groups is 1. The number of unbranched alkanes of at least 4 members (excludes halogenated alkanes) is 2. The van der Waals surface area contributed by atoms with Crippen LogP contribution in [0.25, 0.3) is 5.69 Å². The van der Waals surface area contributed by atoms with Gasteiger partial charge in [0.25, 0.3) is 5.91 Å². The van der Waals surface area contributed by atoms with Gasteiger partial charge in [0.1, 0.15) is 0 Å². The van der Waals surface area contributed by atoms with E-state index < -0.39 is 0 Å². The molecular formula is C31H35ClN4OS. The van der Waals surface area contributed by atoms with Crippen molar-refractivity contribution in [2.24, 2.45) is 0 Å². The molecule has 0 bridgehead atoms. The van der Waals surface area contributed by atoms with Crippen LogP contribution < -0.4 is 5.32 Å².